The Balaban J connectivity index is 2.27. The highest BCUT2D eigenvalue weighted by Crippen LogP contribution is 2.27. The number of aromatic carboxylic acids is 1. The summed E-state index contributed by atoms with van der Waals surface area (Å²) in [6.45, 7) is 4.09. The highest BCUT2D eigenvalue weighted by Gasteiger charge is 2.18. The first-order valence-electron chi connectivity index (χ1n) is 6.52. The summed E-state index contributed by atoms with van der Waals surface area (Å²) < 4.78 is 0. The van der Waals surface area contributed by atoms with Crippen molar-refractivity contribution in [1.29, 1.82) is 0 Å². The average molecular weight is 344 g/mol. The molecule has 0 fully saturated rings. The van der Waals surface area contributed by atoms with Crippen LogP contribution in [-0.2, 0) is 12.8 Å². The quantitative estimate of drug-likeness (QED) is 0.836. The van der Waals surface area contributed by atoms with Crippen molar-refractivity contribution in [3.8, 4) is 0 Å². The number of thiazole rings is 1. The van der Waals surface area contributed by atoms with E-state index in [9.17, 15) is 9.90 Å². The minimum atomic E-state index is -0.913. The Labute approximate surface area is 137 Å². The molecule has 1 heterocycles. The van der Waals surface area contributed by atoms with E-state index in [2.05, 4.69) is 4.98 Å². The molecule has 0 amide bonds. The summed E-state index contributed by atoms with van der Waals surface area (Å²) in [6.07, 6.45) is 1.22. The number of hydrogen-bond donors (Lipinski definition) is 1. The van der Waals surface area contributed by atoms with E-state index in [1.807, 2.05) is 19.9 Å². The zero-order valence-electron chi connectivity index (χ0n) is 11.7. The van der Waals surface area contributed by atoms with Crippen LogP contribution >= 0.6 is 34.5 Å². The van der Waals surface area contributed by atoms with E-state index in [0.717, 1.165) is 10.6 Å². The van der Waals surface area contributed by atoms with Gasteiger partial charge in [0.05, 0.1) is 20.7 Å². The van der Waals surface area contributed by atoms with E-state index in [1.54, 1.807) is 12.1 Å². The molecule has 0 saturated carbocycles. The van der Waals surface area contributed by atoms with Crippen LogP contribution in [0.3, 0.4) is 0 Å². The third-order valence-electron chi connectivity index (χ3n) is 2.88. The smallest absolute Gasteiger partial charge is 0.347 e. The van der Waals surface area contributed by atoms with Crippen LogP contribution < -0.4 is 0 Å². The molecule has 0 aliphatic heterocycles. The molecule has 0 bridgehead atoms. The van der Waals surface area contributed by atoms with Gasteiger partial charge >= 0.3 is 5.97 Å². The molecule has 112 valence electrons. The van der Waals surface area contributed by atoms with Crippen LogP contribution in [0.5, 0.6) is 0 Å². The molecule has 0 aliphatic rings. The lowest BCUT2D eigenvalue weighted by Gasteiger charge is -2.02. The fourth-order valence-corrected chi connectivity index (χ4v) is 3.28. The van der Waals surface area contributed by atoms with Crippen molar-refractivity contribution in [2.24, 2.45) is 5.92 Å². The summed E-state index contributed by atoms with van der Waals surface area (Å²) in [5.74, 6) is -0.549. The Morgan fingerprint density at radius 1 is 1.33 bits per heavy atom. The number of hydrogen-bond acceptors (Lipinski definition) is 3. The van der Waals surface area contributed by atoms with Gasteiger partial charge in [0.2, 0.25) is 0 Å². The molecule has 21 heavy (non-hydrogen) atoms. The zero-order valence-corrected chi connectivity index (χ0v) is 14.0. The first-order chi connectivity index (χ1) is 9.86. The summed E-state index contributed by atoms with van der Waals surface area (Å²) in [7, 11) is 0. The Kier molecular flexibility index (Phi) is 5.25. The van der Waals surface area contributed by atoms with E-state index in [4.69, 9.17) is 23.2 Å². The Morgan fingerprint density at radius 3 is 2.62 bits per heavy atom. The van der Waals surface area contributed by atoms with Crippen molar-refractivity contribution in [2.75, 3.05) is 0 Å². The summed E-state index contributed by atoms with van der Waals surface area (Å²) in [5, 5.41) is 11.0. The maximum atomic E-state index is 11.3. The van der Waals surface area contributed by atoms with Gasteiger partial charge in [-0.15, -0.1) is 11.3 Å². The van der Waals surface area contributed by atoms with Crippen LogP contribution in [0, 0.1) is 5.92 Å². The molecule has 0 saturated heterocycles. The van der Waals surface area contributed by atoms with Crippen molar-refractivity contribution in [3.63, 3.8) is 0 Å². The fourth-order valence-electron chi connectivity index (χ4n) is 1.99. The number of rotatable bonds is 5. The predicted octanol–water partition coefficient (Wildman–Crippen LogP) is 4.94. The van der Waals surface area contributed by atoms with E-state index in [1.165, 1.54) is 11.3 Å². The lowest BCUT2D eigenvalue weighted by molar-refractivity contribution is 0.0700. The van der Waals surface area contributed by atoms with Gasteiger partial charge < -0.3 is 5.11 Å². The van der Waals surface area contributed by atoms with Crippen molar-refractivity contribution >= 4 is 40.5 Å². The zero-order chi connectivity index (χ0) is 15.6. The third-order valence-corrected chi connectivity index (χ3v) is 4.70. The lowest BCUT2D eigenvalue weighted by Crippen LogP contribution is -2.02. The predicted molar refractivity (Wildman–Crippen MR) is 86.9 cm³/mol. The second-order valence-corrected chi connectivity index (χ2v) is 7.11. The molecule has 0 spiro atoms. The molecule has 6 heteroatoms. The van der Waals surface area contributed by atoms with Crippen molar-refractivity contribution in [1.82, 2.24) is 4.98 Å². The Morgan fingerprint density at radius 2 is 2.05 bits per heavy atom. The first-order valence-corrected chi connectivity index (χ1v) is 8.10. The van der Waals surface area contributed by atoms with Crippen LogP contribution in [0.25, 0.3) is 0 Å². The first kappa shape index (κ1) is 16.3. The van der Waals surface area contributed by atoms with Gasteiger partial charge in [-0.1, -0.05) is 43.1 Å². The van der Waals surface area contributed by atoms with Gasteiger partial charge in [0.1, 0.15) is 4.88 Å². The topological polar surface area (TPSA) is 50.2 Å². The molecule has 0 radical (unpaired) electrons. The van der Waals surface area contributed by atoms with Gasteiger partial charge in [-0.3, -0.25) is 0 Å². The SMILES string of the molecule is CC(C)Cc1nc(Cc2ccc(Cl)c(Cl)c2)sc1C(=O)O. The number of carbonyl (C=O) groups is 1. The molecule has 2 rings (SSSR count). The van der Waals surface area contributed by atoms with Crippen molar-refractivity contribution < 1.29 is 9.90 Å². The maximum absolute atomic E-state index is 11.3. The minimum absolute atomic E-state index is 0.332. The number of halogens is 2. The van der Waals surface area contributed by atoms with Crippen LogP contribution in [0.15, 0.2) is 18.2 Å². The largest absolute Gasteiger partial charge is 0.477 e. The number of carboxylic acid groups (broad SMARTS) is 1. The number of benzene rings is 1. The molecular formula is C15H15Cl2NO2S. The molecular weight excluding hydrogens is 329 g/mol. The highest BCUT2D eigenvalue weighted by atomic mass is 35.5. The normalized spacial score (nSPS) is 11.1. The van der Waals surface area contributed by atoms with E-state index in [0.29, 0.717) is 39.4 Å². The molecule has 0 aliphatic carbocycles. The number of aromatic nitrogens is 1. The summed E-state index contributed by atoms with van der Waals surface area (Å²) in [6, 6.07) is 5.39. The second-order valence-electron chi connectivity index (χ2n) is 5.21. The third kappa shape index (κ3) is 4.19. The molecule has 0 atom stereocenters. The highest BCUT2D eigenvalue weighted by molar-refractivity contribution is 7.13. The summed E-state index contributed by atoms with van der Waals surface area (Å²) >= 11 is 13.1. The van der Waals surface area contributed by atoms with Gasteiger partial charge in [0, 0.05) is 6.42 Å². The van der Waals surface area contributed by atoms with Crippen LogP contribution in [0.2, 0.25) is 10.0 Å². The monoisotopic (exact) mass is 343 g/mol. The standard InChI is InChI=1S/C15H15Cl2NO2S/c1-8(2)5-12-14(15(19)20)21-13(18-12)7-9-3-4-10(16)11(17)6-9/h3-4,6,8H,5,7H2,1-2H3,(H,19,20). The van der Waals surface area contributed by atoms with Crippen LogP contribution in [-0.4, -0.2) is 16.1 Å². The number of nitrogens with zero attached hydrogens (tertiary/aromatic N) is 1. The van der Waals surface area contributed by atoms with Gasteiger partial charge in [0.25, 0.3) is 0 Å². The van der Waals surface area contributed by atoms with Crippen LogP contribution in [0.4, 0.5) is 0 Å². The lowest BCUT2D eigenvalue weighted by atomic mass is 10.1. The number of carboxylic acids is 1. The summed E-state index contributed by atoms with van der Waals surface area (Å²) in [5.41, 5.74) is 1.63. The van der Waals surface area contributed by atoms with Gasteiger partial charge in [-0.25, -0.2) is 9.78 Å². The minimum Gasteiger partial charge on any atom is -0.477 e. The molecule has 1 aromatic heterocycles. The average Bonchev–Trinajstić information content (AvgIpc) is 2.76. The van der Waals surface area contributed by atoms with Crippen molar-refractivity contribution in [3.05, 3.63) is 49.4 Å². The Bertz CT molecular complexity index is 668. The summed E-state index contributed by atoms with van der Waals surface area (Å²) in [4.78, 5) is 16.1. The van der Waals surface area contributed by atoms with Gasteiger partial charge in [0.15, 0.2) is 0 Å². The van der Waals surface area contributed by atoms with E-state index in [-0.39, 0.29) is 0 Å². The molecule has 3 nitrogen and oxygen atoms in total. The van der Waals surface area contributed by atoms with E-state index < -0.39 is 5.97 Å². The van der Waals surface area contributed by atoms with E-state index >= 15 is 0 Å². The molecule has 2 aromatic rings. The maximum Gasteiger partial charge on any atom is 0.347 e. The second kappa shape index (κ2) is 6.77. The van der Waals surface area contributed by atoms with Crippen LogP contribution in [0.1, 0.15) is 39.8 Å². The van der Waals surface area contributed by atoms with Crippen molar-refractivity contribution in [2.45, 2.75) is 26.7 Å². The molecule has 0 unspecified atom stereocenters. The fraction of sp³-hybridized carbons (Fsp3) is 0.333. The van der Waals surface area contributed by atoms with Gasteiger partial charge in [-0.2, -0.15) is 0 Å². The molecule has 1 aromatic carbocycles. The Hall–Kier alpha value is -1.10. The molecule has 1 N–H and O–H groups in total. The van der Waals surface area contributed by atoms with Gasteiger partial charge in [-0.05, 0) is 30.0 Å².